The van der Waals surface area contributed by atoms with Crippen LogP contribution in [0.4, 0.5) is 5.69 Å². The first-order chi connectivity index (χ1) is 7.29. The molecule has 1 fully saturated rings. The molecule has 1 saturated heterocycles. The summed E-state index contributed by atoms with van der Waals surface area (Å²) >= 11 is 0. The minimum Gasteiger partial charge on any atom is -0.368 e. The number of rotatable bonds is 2. The van der Waals surface area contributed by atoms with E-state index in [2.05, 4.69) is 36.1 Å². The molecule has 0 atom stereocenters. The average molecular weight is 204 g/mol. The number of carbonyl (C=O) groups excluding carboxylic acids is 1. The quantitative estimate of drug-likeness (QED) is 0.677. The zero-order valence-corrected chi connectivity index (χ0v) is 9.02. The van der Waals surface area contributed by atoms with Crippen LogP contribution in [-0.2, 0) is 4.79 Å². The van der Waals surface area contributed by atoms with Crippen molar-refractivity contribution < 1.29 is 4.79 Å². The highest BCUT2D eigenvalue weighted by atomic mass is 16.1. The fourth-order valence-electron chi connectivity index (χ4n) is 1.91. The van der Waals surface area contributed by atoms with Gasteiger partial charge in [-0.15, -0.1) is 0 Å². The highest BCUT2D eigenvalue weighted by Gasteiger charge is 2.15. The minimum absolute atomic E-state index is 0.831. The summed E-state index contributed by atoms with van der Waals surface area (Å²) in [5.41, 5.74) is 2.55. The van der Waals surface area contributed by atoms with Gasteiger partial charge in [-0.1, -0.05) is 12.1 Å². The molecule has 1 aromatic carbocycles. The van der Waals surface area contributed by atoms with Gasteiger partial charge in [0, 0.05) is 31.9 Å². The fraction of sp³-hybridized carbons (Fsp3) is 0.417. The van der Waals surface area contributed by atoms with Crippen LogP contribution in [0.5, 0.6) is 0 Å². The topological polar surface area (TPSA) is 23.6 Å². The van der Waals surface area contributed by atoms with E-state index < -0.39 is 0 Å². The SMILES string of the molecule is Cc1cccc(N2CCN(C=O)CC2)c1. The zero-order chi connectivity index (χ0) is 10.7. The third-order valence-electron chi connectivity index (χ3n) is 2.83. The maximum absolute atomic E-state index is 10.6. The summed E-state index contributed by atoms with van der Waals surface area (Å²) in [5.74, 6) is 0. The van der Waals surface area contributed by atoms with Gasteiger partial charge in [0.25, 0.3) is 0 Å². The average Bonchev–Trinajstić information content (AvgIpc) is 2.29. The highest BCUT2D eigenvalue weighted by Crippen LogP contribution is 2.17. The molecule has 0 bridgehead atoms. The van der Waals surface area contributed by atoms with E-state index in [9.17, 15) is 4.79 Å². The summed E-state index contributed by atoms with van der Waals surface area (Å²) < 4.78 is 0. The van der Waals surface area contributed by atoms with Gasteiger partial charge in [0.05, 0.1) is 0 Å². The van der Waals surface area contributed by atoms with Crippen LogP contribution >= 0.6 is 0 Å². The molecule has 3 heteroatoms. The predicted octanol–water partition coefficient (Wildman–Crippen LogP) is 1.27. The predicted molar refractivity (Wildman–Crippen MR) is 61.0 cm³/mol. The van der Waals surface area contributed by atoms with Gasteiger partial charge >= 0.3 is 0 Å². The number of anilines is 1. The van der Waals surface area contributed by atoms with Gasteiger partial charge in [0.1, 0.15) is 0 Å². The van der Waals surface area contributed by atoms with Gasteiger partial charge in [-0.25, -0.2) is 0 Å². The lowest BCUT2D eigenvalue weighted by Gasteiger charge is -2.34. The number of carbonyl (C=O) groups is 1. The molecular weight excluding hydrogens is 188 g/mol. The second-order valence-corrected chi connectivity index (χ2v) is 3.97. The highest BCUT2D eigenvalue weighted by molar-refractivity contribution is 5.51. The number of nitrogens with zero attached hydrogens (tertiary/aromatic N) is 2. The molecule has 0 radical (unpaired) electrons. The van der Waals surface area contributed by atoms with Crippen molar-refractivity contribution in [3.05, 3.63) is 29.8 Å². The van der Waals surface area contributed by atoms with Crippen molar-refractivity contribution in [3.63, 3.8) is 0 Å². The van der Waals surface area contributed by atoms with Crippen LogP contribution in [0.2, 0.25) is 0 Å². The summed E-state index contributed by atoms with van der Waals surface area (Å²) in [6.07, 6.45) is 0.938. The number of amides is 1. The van der Waals surface area contributed by atoms with Crippen LogP contribution in [0.3, 0.4) is 0 Å². The van der Waals surface area contributed by atoms with Gasteiger partial charge in [-0.3, -0.25) is 4.79 Å². The molecule has 2 rings (SSSR count). The Kier molecular flexibility index (Phi) is 2.90. The molecule has 1 aromatic rings. The molecule has 0 spiro atoms. The molecule has 1 aliphatic rings. The molecule has 80 valence electrons. The van der Waals surface area contributed by atoms with Crippen molar-refractivity contribution in [1.82, 2.24) is 4.90 Å². The first-order valence-corrected chi connectivity index (χ1v) is 5.30. The van der Waals surface area contributed by atoms with Crippen LogP contribution in [-0.4, -0.2) is 37.5 Å². The van der Waals surface area contributed by atoms with Gasteiger partial charge in [0.15, 0.2) is 0 Å². The molecule has 1 aliphatic heterocycles. The van der Waals surface area contributed by atoms with E-state index >= 15 is 0 Å². The lowest BCUT2D eigenvalue weighted by atomic mass is 10.2. The van der Waals surface area contributed by atoms with E-state index in [0.29, 0.717) is 0 Å². The molecule has 3 nitrogen and oxygen atoms in total. The van der Waals surface area contributed by atoms with E-state index in [-0.39, 0.29) is 0 Å². The molecule has 1 amide bonds. The van der Waals surface area contributed by atoms with Gasteiger partial charge in [0.2, 0.25) is 6.41 Å². The summed E-state index contributed by atoms with van der Waals surface area (Å²) in [7, 11) is 0. The van der Waals surface area contributed by atoms with Crippen molar-refractivity contribution in [2.75, 3.05) is 31.1 Å². The number of hydrogen-bond acceptors (Lipinski definition) is 2. The summed E-state index contributed by atoms with van der Waals surface area (Å²) in [6.45, 7) is 5.63. The third kappa shape index (κ3) is 2.29. The van der Waals surface area contributed by atoms with E-state index in [1.807, 2.05) is 4.90 Å². The Labute approximate surface area is 90.3 Å². The molecular formula is C12H16N2O. The molecule has 0 unspecified atom stereocenters. The molecule has 0 aliphatic carbocycles. The van der Waals surface area contributed by atoms with E-state index in [1.54, 1.807) is 0 Å². The van der Waals surface area contributed by atoms with Crippen LogP contribution in [0, 0.1) is 6.92 Å². The molecule has 15 heavy (non-hydrogen) atoms. The number of benzene rings is 1. The fourth-order valence-corrected chi connectivity index (χ4v) is 1.91. The Morgan fingerprint density at radius 2 is 1.93 bits per heavy atom. The summed E-state index contributed by atoms with van der Waals surface area (Å²) in [6, 6.07) is 8.50. The number of piperazine rings is 1. The Balaban J connectivity index is 2.04. The Bertz CT molecular complexity index is 343. The van der Waals surface area contributed by atoms with Crippen molar-refractivity contribution in [1.29, 1.82) is 0 Å². The van der Waals surface area contributed by atoms with Crippen molar-refractivity contribution in [2.45, 2.75) is 6.92 Å². The second-order valence-electron chi connectivity index (χ2n) is 3.97. The van der Waals surface area contributed by atoms with Gasteiger partial charge in [-0.05, 0) is 24.6 Å². The second kappa shape index (κ2) is 4.34. The van der Waals surface area contributed by atoms with Crippen molar-refractivity contribution in [2.24, 2.45) is 0 Å². The lowest BCUT2D eigenvalue weighted by molar-refractivity contribution is -0.118. The van der Waals surface area contributed by atoms with Crippen LogP contribution in [0.25, 0.3) is 0 Å². The van der Waals surface area contributed by atoms with E-state index in [0.717, 1.165) is 32.6 Å². The Morgan fingerprint density at radius 1 is 1.20 bits per heavy atom. The first kappa shape index (κ1) is 10.0. The Morgan fingerprint density at radius 3 is 2.53 bits per heavy atom. The normalized spacial score (nSPS) is 16.6. The lowest BCUT2D eigenvalue weighted by Crippen LogP contribution is -2.45. The summed E-state index contributed by atoms with van der Waals surface area (Å²) in [4.78, 5) is 14.7. The monoisotopic (exact) mass is 204 g/mol. The van der Waals surface area contributed by atoms with Crippen LogP contribution < -0.4 is 4.90 Å². The standard InChI is InChI=1S/C12H16N2O/c1-11-3-2-4-12(9-11)14-7-5-13(10-15)6-8-14/h2-4,9-10H,5-8H2,1H3. The molecule has 0 N–H and O–H groups in total. The molecule has 0 saturated carbocycles. The molecule has 0 aromatic heterocycles. The minimum atomic E-state index is 0.831. The number of aryl methyl sites for hydroxylation is 1. The van der Waals surface area contributed by atoms with Crippen LogP contribution in [0.15, 0.2) is 24.3 Å². The van der Waals surface area contributed by atoms with Crippen LogP contribution in [0.1, 0.15) is 5.56 Å². The summed E-state index contributed by atoms with van der Waals surface area (Å²) in [5, 5.41) is 0. The van der Waals surface area contributed by atoms with Crippen molar-refractivity contribution in [3.8, 4) is 0 Å². The van der Waals surface area contributed by atoms with Gasteiger partial charge < -0.3 is 9.80 Å². The maximum atomic E-state index is 10.6. The smallest absolute Gasteiger partial charge is 0.209 e. The van der Waals surface area contributed by atoms with E-state index in [1.165, 1.54) is 11.3 Å². The maximum Gasteiger partial charge on any atom is 0.209 e. The van der Waals surface area contributed by atoms with E-state index in [4.69, 9.17) is 0 Å². The first-order valence-electron chi connectivity index (χ1n) is 5.30. The largest absolute Gasteiger partial charge is 0.368 e. The zero-order valence-electron chi connectivity index (χ0n) is 9.02. The Hall–Kier alpha value is -1.51. The number of hydrogen-bond donors (Lipinski definition) is 0. The van der Waals surface area contributed by atoms with Crippen molar-refractivity contribution >= 4 is 12.1 Å². The third-order valence-corrected chi connectivity index (χ3v) is 2.83. The molecule has 1 heterocycles. The van der Waals surface area contributed by atoms with Gasteiger partial charge in [-0.2, -0.15) is 0 Å².